The van der Waals surface area contributed by atoms with Crippen LogP contribution in [-0.4, -0.2) is 5.91 Å². The van der Waals surface area contributed by atoms with E-state index in [2.05, 4.69) is 23.5 Å². The van der Waals surface area contributed by atoms with Crippen molar-refractivity contribution in [1.82, 2.24) is 5.32 Å². The largest absolute Gasteiger partial charge is 0.352 e. The molecule has 0 aliphatic heterocycles. The van der Waals surface area contributed by atoms with Gasteiger partial charge < -0.3 is 5.32 Å². The highest BCUT2D eigenvalue weighted by Crippen LogP contribution is 2.20. The molecule has 0 radical (unpaired) electrons. The second-order valence-corrected chi connectivity index (χ2v) is 4.56. The highest BCUT2D eigenvalue weighted by Gasteiger charge is 2.13. The van der Waals surface area contributed by atoms with Gasteiger partial charge >= 0.3 is 0 Å². The van der Waals surface area contributed by atoms with Crippen LogP contribution in [0.4, 0.5) is 0 Å². The van der Waals surface area contributed by atoms with E-state index in [0.717, 1.165) is 18.4 Å². The van der Waals surface area contributed by atoms with Gasteiger partial charge in [0.25, 0.3) is 0 Å². The lowest BCUT2D eigenvalue weighted by Crippen LogP contribution is -2.24. The third-order valence-electron chi connectivity index (χ3n) is 3.13. The lowest BCUT2D eigenvalue weighted by atomic mass is 10.0. The third-order valence-corrected chi connectivity index (χ3v) is 3.13. The summed E-state index contributed by atoms with van der Waals surface area (Å²) in [6.45, 7) is 0.529. The standard InChI is InChI=1S/C15H16N2O/c16-10-13-5-7-14(8-6-13)11-17-15(18)9-12-3-1-2-4-12/h1,3,5-8,12H,2,4,9,11H2,(H,17,18)/t12-/m1/s1. The minimum absolute atomic E-state index is 0.0934. The zero-order chi connectivity index (χ0) is 12.8. The van der Waals surface area contributed by atoms with Crippen LogP contribution in [0.5, 0.6) is 0 Å². The lowest BCUT2D eigenvalue weighted by Gasteiger charge is -2.08. The number of carbonyl (C=O) groups is 1. The van der Waals surface area contributed by atoms with Gasteiger partial charge in [0, 0.05) is 13.0 Å². The predicted octanol–water partition coefficient (Wildman–Crippen LogP) is 2.53. The molecule has 1 aliphatic rings. The molecule has 0 heterocycles. The Kier molecular flexibility index (Phi) is 4.14. The number of benzene rings is 1. The minimum Gasteiger partial charge on any atom is -0.352 e. The molecule has 0 saturated carbocycles. The fourth-order valence-electron chi connectivity index (χ4n) is 2.07. The number of nitriles is 1. The molecule has 1 aromatic carbocycles. The van der Waals surface area contributed by atoms with E-state index in [1.807, 2.05) is 12.1 Å². The average molecular weight is 240 g/mol. The van der Waals surface area contributed by atoms with Crippen molar-refractivity contribution < 1.29 is 4.79 Å². The van der Waals surface area contributed by atoms with Gasteiger partial charge in [0.2, 0.25) is 5.91 Å². The van der Waals surface area contributed by atoms with Crippen LogP contribution in [0.1, 0.15) is 30.4 Å². The molecule has 92 valence electrons. The van der Waals surface area contributed by atoms with Crippen LogP contribution in [-0.2, 0) is 11.3 Å². The van der Waals surface area contributed by atoms with Gasteiger partial charge in [0.05, 0.1) is 11.6 Å². The molecule has 3 nitrogen and oxygen atoms in total. The summed E-state index contributed by atoms with van der Waals surface area (Å²) in [6, 6.07) is 9.34. The predicted molar refractivity (Wildman–Crippen MR) is 69.5 cm³/mol. The van der Waals surface area contributed by atoms with Gasteiger partial charge in [-0.15, -0.1) is 0 Å². The topological polar surface area (TPSA) is 52.9 Å². The van der Waals surface area contributed by atoms with E-state index < -0.39 is 0 Å². The maximum absolute atomic E-state index is 11.7. The SMILES string of the molecule is N#Cc1ccc(CNC(=O)C[C@@H]2C=CCC2)cc1. The van der Waals surface area contributed by atoms with Crippen molar-refractivity contribution >= 4 is 5.91 Å². The Hall–Kier alpha value is -2.08. The minimum atomic E-state index is 0.0934. The van der Waals surface area contributed by atoms with E-state index >= 15 is 0 Å². The first-order valence-corrected chi connectivity index (χ1v) is 6.20. The quantitative estimate of drug-likeness (QED) is 0.822. The van der Waals surface area contributed by atoms with Crippen molar-refractivity contribution in [3.63, 3.8) is 0 Å². The van der Waals surface area contributed by atoms with Gasteiger partial charge in [-0.3, -0.25) is 4.79 Å². The van der Waals surface area contributed by atoms with Crippen molar-refractivity contribution in [3.05, 3.63) is 47.5 Å². The van der Waals surface area contributed by atoms with Gasteiger partial charge in [-0.25, -0.2) is 0 Å². The molecule has 0 bridgehead atoms. The van der Waals surface area contributed by atoms with Crippen molar-refractivity contribution in [1.29, 1.82) is 5.26 Å². The van der Waals surface area contributed by atoms with Crippen LogP contribution in [0.2, 0.25) is 0 Å². The summed E-state index contributed by atoms with van der Waals surface area (Å²) in [5, 5.41) is 11.6. The smallest absolute Gasteiger partial charge is 0.220 e. The van der Waals surface area contributed by atoms with E-state index in [0.29, 0.717) is 24.4 Å². The maximum atomic E-state index is 11.7. The lowest BCUT2D eigenvalue weighted by molar-refractivity contribution is -0.121. The number of allylic oxidation sites excluding steroid dienone is 2. The Bertz CT molecular complexity index is 482. The van der Waals surface area contributed by atoms with Crippen LogP contribution >= 0.6 is 0 Å². The summed E-state index contributed by atoms with van der Waals surface area (Å²) < 4.78 is 0. The van der Waals surface area contributed by atoms with Gasteiger partial charge in [-0.1, -0.05) is 24.3 Å². The Balaban J connectivity index is 1.78. The third kappa shape index (κ3) is 3.46. The molecular weight excluding hydrogens is 224 g/mol. The van der Waals surface area contributed by atoms with E-state index in [-0.39, 0.29) is 5.91 Å². The Morgan fingerprint density at radius 2 is 2.17 bits per heavy atom. The number of carbonyl (C=O) groups excluding carboxylic acids is 1. The van der Waals surface area contributed by atoms with Crippen molar-refractivity contribution in [3.8, 4) is 6.07 Å². The van der Waals surface area contributed by atoms with Crippen molar-refractivity contribution in [2.24, 2.45) is 5.92 Å². The molecule has 0 saturated heterocycles. The van der Waals surface area contributed by atoms with Crippen LogP contribution < -0.4 is 5.32 Å². The number of amides is 1. The van der Waals surface area contributed by atoms with Crippen molar-refractivity contribution in [2.45, 2.75) is 25.8 Å². The van der Waals surface area contributed by atoms with E-state index in [1.54, 1.807) is 12.1 Å². The van der Waals surface area contributed by atoms with Crippen LogP contribution in [0.3, 0.4) is 0 Å². The average Bonchev–Trinajstić information content (AvgIpc) is 2.90. The molecule has 0 unspecified atom stereocenters. The van der Waals surface area contributed by atoms with Crippen molar-refractivity contribution in [2.75, 3.05) is 0 Å². The molecule has 0 fully saturated rings. The van der Waals surface area contributed by atoms with Gasteiger partial charge in [-0.05, 0) is 36.5 Å². The summed E-state index contributed by atoms with van der Waals surface area (Å²) in [4.78, 5) is 11.7. The summed E-state index contributed by atoms with van der Waals surface area (Å²) >= 11 is 0. The van der Waals surface area contributed by atoms with Crippen LogP contribution in [0.25, 0.3) is 0 Å². The summed E-state index contributed by atoms with van der Waals surface area (Å²) in [5.41, 5.74) is 1.66. The molecular formula is C15H16N2O. The molecule has 1 N–H and O–H groups in total. The molecule has 18 heavy (non-hydrogen) atoms. The number of nitrogens with one attached hydrogen (secondary N) is 1. The first kappa shape index (κ1) is 12.4. The first-order valence-electron chi connectivity index (χ1n) is 6.20. The summed E-state index contributed by atoms with van der Waals surface area (Å²) in [5.74, 6) is 0.502. The molecule has 3 heteroatoms. The second kappa shape index (κ2) is 6.02. The fraction of sp³-hybridized carbons (Fsp3) is 0.333. The summed E-state index contributed by atoms with van der Waals surface area (Å²) in [6.07, 6.45) is 7.02. The molecule has 2 rings (SSSR count). The Morgan fingerprint density at radius 3 is 2.78 bits per heavy atom. The number of hydrogen-bond acceptors (Lipinski definition) is 2. The van der Waals surface area contributed by atoms with Crippen LogP contribution in [0.15, 0.2) is 36.4 Å². The van der Waals surface area contributed by atoms with Gasteiger partial charge in [0.1, 0.15) is 0 Å². The number of nitrogens with zero attached hydrogens (tertiary/aromatic N) is 1. The summed E-state index contributed by atoms with van der Waals surface area (Å²) in [7, 11) is 0. The number of hydrogen-bond donors (Lipinski definition) is 1. The van der Waals surface area contributed by atoms with Gasteiger partial charge in [-0.2, -0.15) is 5.26 Å². The molecule has 1 aliphatic carbocycles. The second-order valence-electron chi connectivity index (χ2n) is 4.56. The van der Waals surface area contributed by atoms with Gasteiger partial charge in [0.15, 0.2) is 0 Å². The van der Waals surface area contributed by atoms with Crippen LogP contribution in [0, 0.1) is 17.2 Å². The Morgan fingerprint density at radius 1 is 1.39 bits per heavy atom. The monoisotopic (exact) mass is 240 g/mol. The fourth-order valence-corrected chi connectivity index (χ4v) is 2.07. The molecule has 1 atom stereocenters. The Labute approximate surface area is 107 Å². The van der Waals surface area contributed by atoms with E-state index in [4.69, 9.17) is 5.26 Å². The molecule has 1 amide bonds. The zero-order valence-electron chi connectivity index (χ0n) is 10.2. The first-order chi connectivity index (χ1) is 8.78. The maximum Gasteiger partial charge on any atom is 0.220 e. The van der Waals surface area contributed by atoms with E-state index in [9.17, 15) is 4.79 Å². The zero-order valence-corrected chi connectivity index (χ0v) is 10.2. The molecule has 1 aromatic rings. The highest BCUT2D eigenvalue weighted by atomic mass is 16.1. The normalized spacial score (nSPS) is 17.4. The number of rotatable bonds is 4. The molecule has 0 spiro atoms. The molecule has 0 aromatic heterocycles. The van der Waals surface area contributed by atoms with E-state index in [1.165, 1.54) is 0 Å². The highest BCUT2D eigenvalue weighted by molar-refractivity contribution is 5.76.